The van der Waals surface area contributed by atoms with Crippen LogP contribution in [0.4, 0.5) is 15.8 Å². The van der Waals surface area contributed by atoms with E-state index in [0.29, 0.717) is 14.9 Å². The SMILES string of the molecule is Cc1cc(N2CCCC2)ccc1C=C1SC(=S)N(c2ccc(F)c(Cl)c2)C1=O. The highest BCUT2D eigenvalue weighted by Gasteiger charge is 2.33. The third-order valence-electron chi connectivity index (χ3n) is 4.97. The van der Waals surface area contributed by atoms with Crippen molar-refractivity contribution in [3.05, 3.63) is 63.3 Å². The van der Waals surface area contributed by atoms with Crippen LogP contribution in [-0.4, -0.2) is 23.3 Å². The molecule has 2 aromatic carbocycles. The van der Waals surface area contributed by atoms with Crippen LogP contribution in [0, 0.1) is 12.7 Å². The number of carbonyl (C=O) groups is 1. The molecule has 4 rings (SSSR count). The standard InChI is InChI=1S/C21H18ClFN2OS2/c1-13-10-15(24-8-2-3-9-24)5-4-14(13)11-19-20(26)25(21(27)28-19)16-6-7-18(23)17(22)12-16/h4-7,10-12H,2-3,8-9H2,1H3. The zero-order valence-corrected chi connectivity index (χ0v) is 17.6. The average molecular weight is 433 g/mol. The predicted molar refractivity (Wildman–Crippen MR) is 120 cm³/mol. The summed E-state index contributed by atoms with van der Waals surface area (Å²) in [6.45, 7) is 4.24. The Morgan fingerprint density at radius 3 is 2.54 bits per heavy atom. The van der Waals surface area contributed by atoms with Gasteiger partial charge in [0.2, 0.25) is 0 Å². The molecule has 2 heterocycles. The van der Waals surface area contributed by atoms with Gasteiger partial charge in [0.05, 0.1) is 15.6 Å². The number of hydrogen-bond donors (Lipinski definition) is 0. The third-order valence-corrected chi connectivity index (χ3v) is 6.56. The van der Waals surface area contributed by atoms with Gasteiger partial charge in [0.1, 0.15) is 5.82 Å². The minimum Gasteiger partial charge on any atom is -0.372 e. The summed E-state index contributed by atoms with van der Waals surface area (Å²) in [6, 6.07) is 10.5. The molecule has 0 N–H and O–H groups in total. The van der Waals surface area contributed by atoms with Crippen molar-refractivity contribution < 1.29 is 9.18 Å². The van der Waals surface area contributed by atoms with Crippen molar-refractivity contribution in [2.75, 3.05) is 22.9 Å². The number of rotatable bonds is 3. The van der Waals surface area contributed by atoms with Gasteiger partial charge >= 0.3 is 0 Å². The van der Waals surface area contributed by atoms with Gasteiger partial charge in [0.15, 0.2) is 4.32 Å². The van der Waals surface area contributed by atoms with Gasteiger partial charge in [-0.15, -0.1) is 0 Å². The minimum atomic E-state index is -0.528. The molecule has 2 fully saturated rings. The summed E-state index contributed by atoms with van der Waals surface area (Å²) in [5.74, 6) is -0.749. The zero-order valence-electron chi connectivity index (χ0n) is 15.2. The molecule has 144 valence electrons. The number of amides is 1. The van der Waals surface area contributed by atoms with E-state index in [4.69, 9.17) is 23.8 Å². The van der Waals surface area contributed by atoms with Crippen molar-refractivity contribution in [2.45, 2.75) is 19.8 Å². The summed E-state index contributed by atoms with van der Waals surface area (Å²) >= 11 is 12.5. The van der Waals surface area contributed by atoms with Crippen molar-refractivity contribution in [2.24, 2.45) is 0 Å². The summed E-state index contributed by atoms with van der Waals surface area (Å²) in [5.41, 5.74) is 3.79. The Kier molecular flexibility index (Phi) is 5.45. The Bertz CT molecular complexity index is 1000. The minimum absolute atomic E-state index is 0.0381. The molecule has 0 radical (unpaired) electrons. The first-order valence-corrected chi connectivity index (χ1v) is 10.6. The van der Waals surface area contributed by atoms with E-state index in [0.717, 1.165) is 24.2 Å². The van der Waals surface area contributed by atoms with Gasteiger partial charge in [-0.05, 0) is 67.3 Å². The Morgan fingerprint density at radius 1 is 1.14 bits per heavy atom. The lowest BCUT2D eigenvalue weighted by atomic mass is 10.1. The third kappa shape index (κ3) is 3.69. The molecule has 0 unspecified atom stereocenters. The fraction of sp³-hybridized carbons (Fsp3) is 0.238. The molecular weight excluding hydrogens is 415 g/mol. The first kappa shape index (κ1) is 19.4. The van der Waals surface area contributed by atoms with E-state index in [-0.39, 0.29) is 10.9 Å². The van der Waals surface area contributed by atoms with Crippen LogP contribution in [0.5, 0.6) is 0 Å². The smallest absolute Gasteiger partial charge is 0.270 e. The van der Waals surface area contributed by atoms with Crippen LogP contribution in [0.15, 0.2) is 41.3 Å². The molecule has 2 aromatic rings. The predicted octanol–water partition coefficient (Wildman–Crippen LogP) is 5.79. The van der Waals surface area contributed by atoms with E-state index in [2.05, 4.69) is 17.0 Å². The number of aryl methyl sites for hydroxylation is 1. The van der Waals surface area contributed by atoms with Gasteiger partial charge in [-0.1, -0.05) is 41.6 Å². The van der Waals surface area contributed by atoms with Crippen LogP contribution in [0.1, 0.15) is 24.0 Å². The molecule has 28 heavy (non-hydrogen) atoms. The second-order valence-corrected chi connectivity index (χ2v) is 8.93. The molecule has 0 saturated carbocycles. The second-order valence-electron chi connectivity index (χ2n) is 6.85. The second kappa shape index (κ2) is 7.85. The molecule has 0 aliphatic carbocycles. The van der Waals surface area contributed by atoms with E-state index < -0.39 is 5.82 Å². The first-order chi connectivity index (χ1) is 13.4. The molecule has 2 aliphatic heterocycles. The Balaban J connectivity index is 1.61. The lowest BCUT2D eigenvalue weighted by Crippen LogP contribution is -2.27. The van der Waals surface area contributed by atoms with Gasteiger partial charge in [-0.3, -0.25) is 9.69 Å². The first-order valence-electron chi connectivity index (χ1n) is 9.02. The highest BCUT2D eigenvalue weighted by atomic mass is 35.5. The molecule has 2 aliphatic rings. The summed E-state index contributed by atoms with van der Waals surface area (Å²) in [4.78, 5) is 17.2. The van der Waals surface area contributed by atoms with Crippen molar-refractivity contribution in [1.29, 1.82) is 0 Å². The van der Waals surface area contributed by atoms with Gasteiger partial charge < -0.3 is 4.90 Å². The number of carbonyl (C=O) groups excluding carboxylic acids is 1. The van der Waals surface area contributed by atoms with E-state index in [9.17, 15) is 9.18 Å². The Labute approximate surface area is 178 Å². The van der Waals surface area contributed by atoms with Crippen LogP contribution >= 0.6 is 35.6 Å². The monoisotopic (exact) mass is 432 g/mol. The molecular formula is C21H18ClFN2OS2. The number of hydrogen-bond acceptors (Lipinski definition) is 4. The number of thioether (sulfide) groups is 1. The number of anilines is 2. The normalized spacial score (nSPS) is 18.6. The zero-order chi connectivity index (χ0) is 19.8. The molecule has 0 aromatic heterocycles. The lowest BCUT2D eigenvalue weighted by Gasteiger charge is -2.18. The van der Waals surface area contributed by atoms with Gasteiger partial charge in [0, 0.05) is 18.8 Å². The summed E-state index contributed by atoms with van der Waals surface area (Å²) in [7, 11) is 0. The van der Waals surface area contributed by atoms with E-state index in [1.165, 1.54) is 53.4 Å². The van der Waals surface area contributed by atoms with Crippen LogP contribution < -0.4 is 9.80 Å². The topological polar surface area (TPSA) is 23.6 Å². The largest absolute Gasteiger partial charge is 0.372 e. The van der Waals surface area contributed by atoms with Crippen LogP contribution in [-0.2, 0) is 4.79 Å². The summed E-state index contributed by atoms with van der Waals surface area (Å²) in [5, 5.41) is -0.0381. The van der Waals surface area contributed by atoms with Crippen molar-refractivity contribution in [3.8, 4) is 0 Å². The fourth-order valence-electron chi connectivity index (χ4n) is 3.45. The Hall–Kier alpha value is -1.89. The molecule has 1 amide bonds. The maximum atomic E-state index is 13.4. The molecule has 0 spiro atoms. The van der Waals surface area contributed by atoms with E-state index in [1.54, 1.807) is 0 Å². The summed E-state index contributed by atoms with van der Waals surface area (Å²) < 4.78 is 13.9. The number of benzene rings is 2. The van der Waals surface area contributed by atoms with Crippen LogP contribution in [0.2, 0.25) is 5.02 Å². The van der Waals surface area contributed by atoms with Crippen molar-refractivity contribution >= 4 is 63.3 Å². The molecule has 0 atom stereocenters. The Morgan fingerprint density at radius 2 is 1.86 bits per heavy atom. The number of thiocarbonyl (C=S) groups is 1. The van der Waals surface area contributed by atoms with Crippen LogP contribution in [0.25, 0.3) is 6.08 Å². The highest BCUT2D eigenvalue weighted by Crippen LogP contribution is 2.37. The maximum Gasteiger partial charge on any atom is 0.270 e. The fourth-order valence-corrected chi connectivity index (χ4v) is 4.91. The van der Waals surface area contributed by atoms with E-state index >= 15 is 0 Å². The molecule has 7 heteroatoms. The average Bonchev–Trinajstić information content (AvgIpc) is 3.28. The van der Waals surface area contributed by atoms with Gasteiger partial charge in [-0.25, -0.2) is 4.39 Å². The van der Waals surface area contributed by atoms with Crippen molar-refractivity contribution in [1.82, 2.24) is 0 Å². The highest BCUT2D eigenvalue weighted by molar-refractivity contribution is 8.27. The quantitative estimate of drug-likeness (QED) is 0.452. The number of halogens is 2. The molecule has 0 bridgehead atoms. The summed E-state index contributed by atoms with van der Waals surface area (Å²) in [6.07, 6.45) is 4.33. The maximum absolute atomic E-state index is 13.4. The lowest BCUT2D eigenvalue weighted by molar-refractivity contribution is -0.113. The number of nitrogens with zero attached hydrogens (tertiary/aromatic N) is 2. The van der Waals surface area contributed by atoms with E-state index in [1.807, 2.05) is 19.1 Å². The van der Waals surface area contributed by atoms with Crippen LogP contribution in [0.3, 0.4) is 0 Å². The van der Waals surface area contributed by atoms with Gasteiger partial charge in [-0.2, -0.15) is 0 Å². The molecule has 3 nitrogen and oxygen atoms in total. The van der Waals surface area contributed by atoms with Crippen molar-refractivity contribution in [3.63, 3.8) is 0 Å². The van der Waals surface area contributed by atoms with Gasteiger partial charge in [0.25, 0.3) is 5.91 Å². The molecule has 2 saturated heterocycles.